The number of rotatable bonds is 28. The molecule has 0 aromatic heterocycles. The van der Waals surface area contributed by atoms with Crippen LogP contribution in [0, 0.1) is 0 Å². The van der Waals surface area contributed by atoms with Crippen LogP contribution in [-0.2, 0) is 25.2 Å². The zero-order chi connectivity index (χ0) is 36.5. The van der Waals surface area contributed by atoms with Crippen molar-refractivity contribution in [1.29, 1.82) is 0 Å². The Hall–Kier alpha value is -3.72. The predicted octanol–water partition coefficient (Wildman–Crippen LogP) is 14.7. The summed E-state index contributed by atoms with van der Waals surface area (Å²) in [6.07, 6.45) is 26.6. The van der Waals surface area contributed by atoms with E-state index in [1.54, 1.807) is 0 Å². The lowest BCUT2D eigenvalue weighted by Crippen LogP contribution is -2.45. The van der Waals surface area contributed by atoms with Crippen molar-refractivity contribution in [3.05, 3.63) is 125 Å². The number of hydrogen-bond donors (Lipinski definition) is 0. The molecule has 0 saturated heterocycles. The Morgan fingerprint density at radius 2 is 0.615 bits per heavy atom. The first-order valence-electron chi connectivity index (χ1n) is 21.0. The SMILES string of the molecule is CCCCCCCCc1ccc(OC(Oc2ccc(CCCCCCCC)cc2)(Oc2ccc(CCCCCCCC)cc2)c2ccccc2)cc1. The Morgan fingerprint density at radius 1 is 0.327 bits per heavy atom. The third-order valence-corrected chi connectivity index (χ3v) is 10.1. The van der Waals surface area contributed by atoms with Gasteiger partial charge in [-0.3, -0.25) is 0 Å². The maximum absolute atomic E-state index is 6.86. The molecule has 4 rings (SSSR count). The highest BCUT2D eigenvalue weighted by atomic mass is 16.9. The summed E-state index contributed by atoms with van der Waals surface area (Å²) in [5.41, 5.74) is 4.78. The molecule has 3 heteroatoms. The number of benzene rings is 4. The van der Waals surface area contributed by atoms with Gasteiger partial charge in [0.05, 0.1) is 5.56 Å². The zero-order valence-corrected chi connectivity index (χ0v) is 32.9. The molecule has 0 fully saturated rings. The van der Waals surface area contributed by atoms with Crippen LogP contribution < -0.4 is 14.2 Å². The van der Waals surface area contributed by atoms with Gasteiger partial charge in [-0.15, -0.1) is 0 Å². The normalized spacial score (nSPS) is 11.4. The molecular weight excluding hydrogens is 637 g/mol. The molecule has 0 aliphatic carbocycles. The van der Waals surface area contributed by atoms with E-state index < -0.39 is 5.97 Å². The van der Waals surface area contributed by atoms with Gasteiger partial charge in [0.15, 0.2) is 0 Å². The third-order valence-electron chi connectivity index (χ3n) is 10.1. The molecule has 0 radical (unpaired) electrons. The maximum atomic E-state index is 6.86. The van der Waals surface area contributed by atoms with Crippen molar-refractivity contribution in [1.82, 2.24) is 0 Å². The van der Waals surface area contributed by atoms with Crippen LogP contribution >= 0.6 is 0 Å². The van der Waals surface area contributed by atoms with Crippen molar-refractivity contribution in [3.63, 3.8) is 0 Å². The monoisotopic (exact) mass is 705 g/mol. The predicted molar refractivity (Wildman–Crippen MR) is 221 cm³/mol. The van der Waals surface area contributed by atoms with E-state index in [0.717, 1.165) is 24.8 Å². The minimum atomic E-state index is -1.54. The van der Waals surface area contributed by atoms with E-state index in [0.29, 0.717) is 17.2 Å². The first kappa shape index (κ1) is 41.0. The third kappa shape index (κ3) is 15.1. The molecule has 4 aromatic carbocycles. The van der Waals surface area contributed by atoms with Crippen LogP contribution in [0.3, 0.4) is 0 Å². The quantitative estimate of drug-likeness (QED) is 0.0435. The zero-order valence-electron chi connectivity index (χ0n) is 32.9. The van der Waals surface area contributed by atoms with E-state index in [4.69, 9.17) is 14.2 Å². The van der Waals surface area contributed by atoms with E-state index in [2.05, 4.69) is 93.6 Å². The van der Waals surface area contributed by atoms with Crippen molar-refractivity contribution in [2.45, 2.75) is 162 Å². The Kier molecular flexibility index (Phi) is 19.3. The molecule has 282 valence electrons. The Morgan fingerprint density at radius 3 is 0.923 bits per heavy atom. The van der Waals surface area contributed by atoms with Gasteiger partial charge < -0.3 is 14.2 Å². The first-order chi connectivity index (χ1) is 25.6. The van der Waals surface area contributed by atoms with Gasteiger partial charge >= 0.3 is 5.97 Å². The summed E-state index contributed by atoms with van der Waals surface area (Å²) in [7, 11) is 0. The van der Waals surface area contributed by atoms with Crippen LogP contribution in [-0.4, -0.2) is 0 Å². The van der Waals surface area contributed by atoms with E-state index in [9.17, 15) is 0 Å². The van der Waals surface area contributed by atoms with Crippen molar-refractivity contribution in [3.8, 4) is 17.2 Å². The Balaban J connectivity index is 1.52. The van der Waals surface area contributed by atoms with Crippen molar-refractivity contribution >= 4 is 0 Å². The summed E-state index contributed by atoms with van der Waals surface area (Å²) in [6, 6.07) is 35.5. The van der Waals surface area contributed by atoms with Gasteiger partial charge in [0, 0.05) is 0 Å². The molecule has 0 atom stereocenters. The van der Waals surface area contributed by atoms with Crippen LogP contribution in [0.2, 0.25) is 0 Å². The smallest absolute Gasteiger partial charge is 0.417 e. The molecule has 0 unspecified atom stereocenters. The van der Waals surface area contributed by atoms with Crippen LogP contribution in [0.25, 0.3) is 0 Å². The lowest BCUT2D eigenvalue weighted by Gasteiger charge is -2.34. The molecule has 0 bridgehead atoms. The minimum Gasteiger partial charge on any atom is -0.417 e. The number of ether oxygens (including phenoxy) is 3. The second-order valence-corrected chi connectivity index (χ2v) is 14.7. The second-order valence-electron chi connectivity index (χ2n) is 14.7. The standard InChI is InChI=1S/C49H68O3/c1-4-7-10-13-16-20-25-42-30-36-46(37-31-42)50-49(45-28-23-19-24-29-45,51-47-38-32-43(33-39-47)26-21-17-14-11-8-5-2)52-48-40-34-44(35-41-48)27-22-18-15-12-9-6-3/h19,23-24,28-41H,4-18,20-22,25-27H2,1-3H3. The summed E-state index contributed by atoms with van der Waals surface area (Å²) >= 11 is 0. The summed E-state index contributed by atoms with van der Waals surface area (Å²) < 4.78 is 20.6. The minimum absolute atomic E-state index is 0.704. The largest absolute Gasteiger partial charge is 0.447 e. The van der Waals surface area contributed by atoms with E-state index in [1.165, 1.54) is 132 Å². The molecule has 3 nitrogen and oxygen atoms in total. The Bertz CT molecular complexity index is 1290. The molecule has 0 aliphatic rings. The summed E-state index contributed by atoms with van der Waals surface area (Å²) in [5.74, 6) is 0.573. The van der Waals surface area contributed by atoms with Gasteiger partial charge in [0.25, 0.3) is 0 Å². The fraction of sp³-hybridized carbons (Fsp3) is 0.510. The molecule has 0 heterocycles. The number of aryl methyl sites for hydroxylation is 3. The van der Waals surface area contributed by atoms with E-state index in [1.807, 2.05) is 30.3 Å². The Labute approximate surface area is 317 Å². The van der Waals surface area contributed by atoms with Gasteiger partial charge in [-0.05, 0) is 104 Å². The fourth-order valence-corrected chi connectivity index (χ4v) is 6.85. The molecule has 52 heavy (non-hydrogen) atoms. The molecule has 0 aliphatic heterocycles. The van der Waals surface area contributed by atoms with Crippen molar-refractivity contribution in [2.75, 3.05) is 0 Å². The topological polar surface area (TPSA) is 27.7 Å². The molecule has 0 spiro atoms. The summed E-state index contributed by atoms with van der Waals surface area (Å²) in [5, 5.41) is 0. The second kappa shape index (κ2) is 24.5. The average molecular weight is 705 g/mol. The maximum Gasteiger partial charge on any atom is 0.447 e. The van der Waals surface area contributed by atoms with Crippen LogP contribution in [0.15, 0.2) is 103 Å². The molecule has 4 aromatic rings. The van der Waals surface area contributed by atoms with Crippen LogP contribution in [0.4, 0.5) is 0 Å². The van der Waals surface area contributed by atoms with Gasteiger partial charge in [-0.2, -0.15) is 0 Å². The van der Waals surface area contributed by atoms with Crippen LogP contribution in [0.1, 0.15) is 159 Å². The number of hydrogen-bond acceptors (Lipinski definition) is 3. The fourth-order valence-electron chi connectivity index (χ4n) is 6.85. The van der Waals surface area contributed by atoms with Gasteiger partial charge in [-0.25, -0.2) is 0 Å². The van der Waals surface area contributed by atoms with E-state index in [-0.39, 0.29) is 0 Å². The van der Waals surface area contributed by atoms with E-state index >= 15 is 0 Å². The number of unbranched alkanes of at least 4 members (excludes halogenated alkanes) is 15. The molecule has 0 saturated carbocycles. The average Bonchev–Trinajstić information content (AvgIpc) is 3.18. The lowest BCUT2D eigenvalue weighted by atomic mass is 10.0. The summed E-state index contributed by atoms with van der Waals surface area (Å²) in [6.45, 7) is 6.81. The van der Waals surface area contributed by atoms with Gasteiger partial charge in [-0.1, -0.05) is 172 Å². The first-order valence-corrected chi connectivity index (χ1v) is 21.0. The molecule has 0 N–H and O–H groups in total. The van der Waals surface area contributed by atoms with Crippen molar-refractivity contribution < 1.29 is 14.2 Å². The van der Waals surface area contributed by atoms with Gasteiger partial charge in [0.2, 0.25) is 0 Å². The summed E-state index contributed by atoms with van der Waals surface area (Å²) in [4.78, 5) is 0. The molecule has 0 amide bonds. The highest BCUT2D eigenvalue weighted by molar-refractivity contribution is 5.34. The highest BCUT2D eigenvalue weighted by Crippen LogP contribution is 2.35. The van der Waals surface area contributed by atoms with Gasteiger partial charge in [0.1, 0.15) is 17.2 Å². The molecular formula is C49H68O3. The lowest BCUT2D eigenvalue weighted by molar-refractivity contribution is -0.263. The van der Waals surface area contributed by atoms with Crippen molar-refractivity contribution in [2.24, 2.45) is 0 Å². The van der Waals surface area contributed by atoms with Crippen LogP contribution in [0.5, 0.6) is 17.2 Å². The highest BCUT2D eigenvalue weighted by Gasteiger charge is 2.41.